The molecule has 2 rings (SSSR count). The molecule has 1 fully saturated rings. The van der Waals surface area contributed by atoms with Crippen LogP contribution in [0.5, 0.6) is 0 Å². The van der Waals surface area contributed by atoms with Crippen molar-refractivity contribution < 1.29 is 5.11 Å². The van der Waals surface area contributed by atoms with E-state index in [0.717, 1.165) is 31.7 Å². The summed E-state index contributed by atoms with van der Waals surface area (Å²) in [6, 6.07) is 1.22. The van der Waals surface area contributed by atoms with E-state index in [1.165, 1.54) is 12.8 Å². The molecule has 2 unspecified atom stereocenters. The minimum Gasteiger partial charge on any atom is -0.396 e. The van der Waals surface area contributed by atoms with Crippen molar-refractivity contribution in [3.8, 4) is 0 Å². The van der Waals surface area contributed by atoms with Gasteiger partial charge in [0, 0.05) is 38.0 Å². The Bertz CT molecular complexity index is 381. The molecule has 1 aromatic rings. The lowest BCUT2D eigenvalue weighted by atomic mass is 9.99. The van der Waals surface area contributed by atoms with Crippen molar-refractivity contribution in [3.05, 3.63) is 11.9 Å². The summed E-state index contributed by atoms with van der Waals surface area (Å²) in [5.74, 6) is 0. The molecule has 0 spiro atoms. The molecule has 0 radical (unpaired) electrons. The van der Waals surface area contributed by atoms with Gasteiger partial charge in [0.1, 0.15) is 0 Å². The highest BCUT2D eigenvalue weighted by molar-refractivity contribution is 4.93. The summed E-state index contributed by atoms with van der Waals surface area (Å²) in [6.45, 7) is 5.14. The molecule has 1 aliphatic heterocycles. The minimum absolute atomic E-state index is 0.195. The zero-order valence-corrected chi connectivity index (χ0v) is 11.9. The molecule has 0 amide bonds. The molecule has 1 aliphatic rings. The second kappa shape index (κ2) is 6.98. The maximum atomic E-state index is 8.78. The highest BCUT2D eigenvalue weighted by Crippen LogP contribution is 2.15. The number of hydrogen-bond acceptors (Lipinski definition) is 5. The molecule has 1 aromatic heterocycles. The van der Waals surface area contributed by atoms with Crippen molar-refractivity contribution in [3.63, 3.8) is 0 Å². The topological polar surface area (TPSA) is 66.2 Å². The molecule has 6 heteroatoms. The number of hydrogen-bond donors (Lipinski definition) is 2. The largest absolute Gasteiger partial charge is 0.396 e. The van der Waals surface area contributed by atoms with Gasteiger partial charge in [0.05, 0.1) is 5.69 Å². The van der Waals surface area contributed by atoms with Gasteiger partial charge in [0.15, 0.2) is 0 Å². The number of nitrogens with zero attached hydrogens (tertiary/aromatic N) is 4. The van der Waals surface area contributed by atoms with Crippen molar-refractivity contribution in [2.24, 2.45) is 0 Å². The summed E-state index contributed by atoms with van der Waals surface area (Å²) < 4.78 is 1.80. The Morgan fingerprint density at radius 2 is 2.37 bits per heavy atom. The van der Waals surface area contributed by atoms with Crippen molar-refractivity contribution in [2.75, 3.05) is 20.2 Å². The van der Waals surface area contributed by atoms with Crippen molar-refractivity contribution in [1.29, 1.82) is 0 Å². The maximum Gasteiger partial charge on any atom is 0.0964 e. The highest BCUT2D eigenvalue weighted by atomic mass is 16.3. The van der Waals surface area contributed by atoms with Gasteiger partial charge in [0.2, 0.25) is 0 Å². The summed E-state index contributed by atoms with van der Waals surface area (Å²) in [5, 5.41) is 20.5. The molecule has 2 heterocycles. The number of aryl methyl sites for hydroxylation is 1. The molecule has 0 saturated carbocycles. The van der Waals surface area contributed by atoms with Crippen LogP contribution in [0.2, 0.25) is 0 Å². The van der Waals surface area contributed by atoms with E-state index < -0.39 is 0 Å². The fourth-order valence-electron chi connectivity index (χ4n) is 2.49. The molecular weight excluding hydrogens is 242 g/mol. The Morgan fingerprint density at radius 1 is 1.53 bits per heavy atom. The standard InChI is InChI=1S/C13H25N5O/c1-11-8-12(4-6-17(11)2)14-9-13-10-18(16-15-13)5-3-7-19/h10-12,14,19H,3-9H2,1-2H3. The van der Waals surface area contributed by atoms with Crippen molar-refractivity contribution >= 4 is 0 Å². The van der Waals surface area contributed by atoms with Crippen LogP contribution in [0, 0.1) is 0 Å². The Hall–Kier alpha value is -0.980. The number of aliphatic hydroxyl groups excluding tert-OH is 1. The van der Waals surface area contributed by atoms with Crippen LogP contribution in [0.3, 0.4) is 0 Å². The predicted octanol–water partition coefficient (Wildman–Crippen LogP) is 0.233. The molecule has 0 bridgehead atoms. The van der Waals surface area contributed by atoms with Crippen LogP contribution in [0.4, 0.5) is 0 Å². The molecule has 2 N–H and O–H groups in total. The minimum atomic E-state index is 0.195. The first kappa shape index (κ1) is 14.4. The first-order chi connectivity index (χ1) is 9.19. The Labute approximate surface area is 114 Å². The van der Waals surface area contributed by atoms with E-state index in [4.69, 9.17) is 5.11 Å². The normalized spacial score (nSPS) is 24.8. The molecule has 1 saturated heterocycles. The van der Waals surface area contributed by atoms with Crippen LogP contribution in [0.25, 0.3) is 0 Å². The summed E-state index contributed by atoms with van der Waals surface area (Å²) in [5.41, 5.74) is 0.976. The van der Waals surface area contributed by atoms with Gasteiger partial charge >= 0.3 is 0 Å². The fraction of sp³-hybridized carbons (Fsp3) is 0.846. The van der Waals surface area contributed by atoms with E-state index in [0.29, 0.717) is 12.1 Å². The van der Waals surface area contributed by atoms with Gasteiger partial charge in [-0.2, -0.15) is 0 Å². The number of piperidine rings is 1. The monoisotopic (exact) mass is 267 g/mol. The highest BCUT2D eigenvalue weighted by Gasteiger charge is 2.22. The van der Waals surface area contributed by atoms with Crippen LogP contribution < -0.4 is 5.32 Å². The van der Waals surface area contributed by atoms with Crippen LogP contribution >= 0.6 is 0 Å². The number of aromatic nitrogens is 3. The zero-order valence-electron chi connectivity index (χ0n) is 11.9. The Balaban J connectivity index is 1.74. The fourth-order valence-corrected chi connectivity index (χ4v) is 2.49. The second-order valence-corrected chi connectivity index (χ2v) is 5.48. The lowest BCUT2D eigenvalue weighted by Gasteiger charge is -2.35. The predicted molar refractivity (Wildman–Crippen MR) is 73.7 cm³/mol. The lowest BCUT2D eigenvalue weighted by Crippen LogP contribution is -2.45. The number of rotatable bonds is 6. The van der Waals surface area contributed by atoms with Gasteiger partial charge in [-0.25, -0.2) is 0 Å². The third-order valence-electron chi connectivity index (χ3n) is 3.91. The average molecular weight is 267 g/mol. The first-order valence-electron chi connectivity index (χ1n) is 7.12. The van der Waals surface area contributed by atoms with E-state index in [2.05, 4.69) is 34.5 Å². The van der Waals surface area contributed by atoms with Gasteiger partial charge in [-0.3, -0.25) is 4.68 Å². The summed E-state index contributed by atoms with van der Waals surface area (Å²) in [4.78, 5) is 2.41. The van der Waals surface area contributed by atoms with Crippen LogP contribution in [0.1, 0.15) is 31.9 Å². The van der Waals surface area contributed by atoms with Crippen molar-refractivity contribution in [2.45, 2.75) is 51.4 Å². The summed E-state index contributed by atoms with van der Waals surface area (Å²) in [6.07, 6.45) is 5.07. The summed E-state index contributed by atoms with van der Waals surface area (Å²) >= 11 is 0. The molecular formula is C13H25N5O. The van der Waals surface area contributed by atoms with E-state index in [9.17, 15) is 0 Å². The molecule has 19 heavy (non-hydrogen) atoms. The third-order valence-corrected chi connectivity index (χ3v) is 3.91. The van der Waals surface area contributed by atoms with Crippen molar-refractivity contribution in [1.82, 2.24) is 25.2 Å². The second-order valence-electron chi connectivity index (χ2n) is 5.48. The Kier molecular flexibility index (Phi) is 5.30. The zero-order chi connectivity index (χ0) is 13.7. The van der Waals surface area contributed by atoms with Gasteiger partial charge < -0.3 is 15.3 Å². The van der Waals surface area contributed by atoms with E-state index in [1.54, 1.807) is 4.68 Å². The number of aliphatic hydroxyl groups is 1. The number of likely N-dealkylation sites (tertiary alicyclic amines) is 1. The van der Waals surface area contributed by atoms with Gasteiger partial charge in [-0.05, 0) is 39.8 Å². The maximum absolute atomic E-state index is 8.78. The summed E-state index contributed by atoms with van der Waals surface area (Å²) in [7, 11) is 2.19. The molecule has 0 aromatic carbocycles. The molecule has 0 aliphatic carbocycles. The number of nitrogens with one attached hydrogen (secondary N) is 1. The van der Waals surface area contributed by atoms with E-state index >= 15 is 0 Å². The third kappa shape index (κ3) is 4.26. The quantitative estimate of drug-likeness (QED) is 0.772. The lowest BCUT2D eigenvalue weighted by molar-refractivity contribution is 0.168. The van der Waals surface area contributed by atoms with Gasteiger partial charge in [-0.15, -0.1) is 5.10 Å². The molecule has 108 valence electrons. The smallest absolute Gasteiger partial charge is 0.0964 e. The van der Waals surface area contributed by atoms with E-state index in [-0.39, 0.29) is 6.61 Å². The molecule has 2 atom stereocenters. The van der Waals surface area contributed by atoms with Crippen LogP contribution in [-0.2, 0) is 13.1 Å². The SMILES string of the molecule is CC1CC(NCc2cn(CCCO)nn2)CCN1C. The average Bonchev–Trinajstić information content (AvgIpc) is 2.86. The van der Waals surface area contributed by atoms with Crippen LogP contribution in [-0.4, -0.2) is 57.3 Å². The van der Waals surface area contributed by atoms with Gasteiger partial charge in [0.25, 0.3) is 0 Å². The van der Waals surface area contributed by atoms with Crippen LogP contribution in [0.15, 0.2) is 6.20 Å². The Morgan fingerprint density at radius 3 is 3.11 bits per heavy atom. The molecule has 6 nitrogen and oxygen atoms in total. The van der Waals surface area contributed by atoms with E-state index in [1.807, 2.05) is 6.20 Å². The van der Waals surface area contributed by atoms with Gasteiger partial charge in [-0.1, -0.05) is 5.21 Å². The first-order valence-corrected chi connectivity index (χ1v) is 7.12.